The minimum absolute atomic E-state index is 0.00460. The molecular formula is C21H27FN6O3. The van der Waals surface area contributed by atoms with Crippen LogP contribution in [0.1, 0.15) is 36.9 Å². The van der Waals surface area contributed by atoms with Gasteiger partial charge in [-0.2, -0.15) is 0 Å². The average Bonchev–Trinajstić information content (AvgIpc) is 3.30. The van der Waals surface area contributed by atoms with Gasteiger partial charge in [-0.1, -0.05) is 6.07 Å². The van der Waals surface area contributed by atoms with E-state index in [1.807, 2.05) is 13.0 Å². The minimum atomic E-state index is -1.17. The number of hydroxylamine groups is 1. The zero-order chi connectivity index (χ0) is 22.2. The molecule has 10 heteroatoms. The Hall–Kier alpha value is -2.79. The third kappa shape index (κ3) is 4.07. The number of fused-ring (bicyclic) bond motifs is 1. The summed E-state index contributed by atoms with van der Waals surface area (Å²) in [7, 11) is 0. The molecule has 0 aromatic heterocycles. The van der Waals surface area contributed by atoms with E-state index in [1.165, 1.54) is 6.07 Å². The lowest BCUT2D eigenvalue weighted by molar-refractivity contribution is -0.130. The van der Waals surface area contributed by atoms with Crippen molar-refractivity contribution in [3.63, 3.8) is 0 Å². The van der Waals surface area contributed by atoms with E-state index in [-0.39, 0.29) is 30.6 Å². The van der Waals surface area contributed by atoms with Gasteiger partial charge in [0.1, 0.15) is 17.3 Å². The molecule has 0 spiro atoms. The van der Waals surface area contributed by atoms with Crippen molar-refractivity contribution in [3.8, 4) is 0 Å². The van der Waals surface area contributed by atoms with Gasteiger partial charge in [0.05, 0.1) is 24.8 Å². The van der Waals surface area contributed by atoms with Crippen LogP contribution in [-0.4, -0.2) is 52.2 Å². The zero-order valence-electron chi connectivity index (χ0n) is 17.6. The number of halogens is 1. The molecule has 0 saturated carbocycles. The highest BCUT2D eigenvalue weighted by molar-refractivity contribution is 5.99. The largest absolute Gasteiger partial charge is 0.394 e. The standard InChI is InChI=1S/C21H27FN6O3/c1-13-5-6-14(22)12-15(13)16-4-3-8-27(16)17-7-9-28-19(24-17)18(21(2,23)26-28)20(30)25-31-11-10-29/h5-7,9,12,16,26,29H,3-4,8,10-11,23H2,1-2H3,(H,25,30)/t16-,21?/m1/s1. The van der Waals surface area contributed by atoms with Crippen molar-refractivity contribution in [3.05, 3.63) is 58.8 Å². The molecule has 5 N–H and O–H groups in total. The van der Waals surface area contributed by atoms with Crippen LogP contribution in [0.15, 0.2) is 46.9 Å². The lowest BCUT2D eigenvalue weighted by atomic mass is 9.99. The van der Waals surface area contributed by atoms with Crippen molar-refractivity contribution in [2.45, 2.75) is 38.4 Å². The van der Waals surface area contributed by atoms with Crippen molar-refractivity contribution in [1.29, 1.82) is 0 Å². The Morgan fingerprint density at radius 1 is 1.52 bits per heavy atom. The number of carbonyl (C=O) groups is 1. The summed E-state index contributed by atoms with van der Waals surface area (Å²) in [5.74, 6) is 0.247. The topological polar surface area (TPSA) is 115 Å². The number of nitrogens with one attached hydrogen (secondary N) is 2. The summed E-state index contributed by atoms with van der Waals surface area (Å²) in [6, 6.07) is 4.84. The van der Waals surface area contributed by atoms with E-state index in [0.717, 1.165) is 30.5 Å². The highest BCUT2D eigenvalue weighted by Gasteiger charge is 2.43. The van der Waals surface area contributed by atoms with Gasteiger partial charge in [-0.3, -0.25) is 14.6 Å². The molecule has 31 heavy (non-hydrogen) atoms. The number of aliphatic imine (C=N–C) groups is 1. The number of hydrazine groups is 1. The Labute approximate surface area is 180 Å². The molecule has 4 rings (SSSR count). The second-order valence-electron chi connectivity index (χ2n) is 8.02. The van der Waals surface area contributed by atoms with Crippen molar-refractivity contribution < 1.29 is 19.1 Å². The van der Waals surface area contributed by atoms with Gasteiger partial charge in [0, 0.05) is 12.7 Å². The molecule has 1 fully saturated rings. The predicted molar refractivity (Wildman–Crippen MR) is 112 cm³/mol. The van der Waals surface area contributed by atoms with Crippen molar-refractivity contribution in [2.75, 3.05) is 19.8 Å². The normalized spacial score (nSPS) is 25.2. The van der Waals surface area contributed by atoms with E-state index in [0.29, 0.717) is 11.7 Å². The average molecular weight is 430 g/mol. The molecule has 3 aliphatic rings. The quantitative estimate of drug-likeness (QED) is 0.406. The summed E-state index contributed by atoms with van der Waals surface area (Å²) in [6.45, 7) is 4.15. The first-order chi connectivity index (χ1) is 14.8. The van der Waals surface area contributed by atoms with Crippen LogP contribution in [0.4, 0.5) is 4.39 Å². The molecule has 0 aliphatic carbocycles. The second kappa shape index (κ2) is 8.39. The SMILES string of the molecule is Cc1ccc(F)cc1[C@H]1CCCN1C1=NC2=C(C(=O)NOCCO)C(C)(N)NN2C=C1. The fraction of sp³-hybridized carbons (Fsp3) is 0.429. The number of benzene rings is 1. The van der Waals surface area contributed by atoms with E-state index >= 15 is 0 Å². The highest BCUT2D eigenvalue weighted by Crippen LogP contribution is 2.37. The third-order valence-corrected chi connectivity index (χ3v) is 5.65. The predicted octanol–water partition coefficient (Wildman–Crippen LogP) is 0.944. The van der Waals surface area contributed by atoms with Gasteiger partial charge in [-0.05, 0) is 56.0 Å². The number of aliphatic hydroxyl groups is 1. The zero-order valence-corrected chi connectivity index (χ0v) is 17.6. The van der Waals surface area contributed by atoms with E-state index in [9.17, 15) is 9.18 Å². The summed E-state index contributed by atoms with van der Waals surface area (Å²) in [6.07, 6.45) is 5.45. The first-order valence-electron chi connectivity index (χ1n) is 10.2. The summed E-state index contributed by atoms with van der Waals surface area (Å²) in [5.41, 5.74) is 12.6. The Balaban J connectivity index is 1.67. The van der Waals surface area contributed by atoms with E-state index < -0.39 is 11.6 Å². The molecule has 1 amide bonds. The monoisotopic (exact) mass is 430 g/mol. The summed E-state index contributed by atoms with van der Waals surface area (Å²) in [5, 5.41) is 10.5. The number of likely N-dealkylation sites (tertiary alicyclic amines) is 1. The molecule has 9 nitrogen and oxygen atoms in total. The molecule has 3 aliphatic heterocycles. The maximum atomic E-state index is 13.9. The lowest BCUT2D eigenvalue weighted by Crippen LogP contribution is -2.54. The minimum Gasteiger partial charge on any atom is -0.394 e. The van der Waals surface area contributed by atoms with Gasteiger partial charge in [-0.25, -0.2) is 20.3 Å². The number of nitrogens with two attached hydrogens (primary N) is 1. The fourth-order valence-corrected chi connectivity index (χ4v) is 4.26. The Morgan fingerprint density at radius 3 is 3.10 bits per heavy atom. The van der Waals surface area contributed by atoms with Crippen LogP contribution >= 0.6 is 0 Å². The smallest absolute Gasteiger partial charge is 0.277 e. The van der Waals surface area contributed by atoms with Crippen molar-refractivity contribution >= 4 is 11.7 Å². The van der Waals surface area contributed by atoms with Gasteiger partial charge in [0.25, 0.3) is 5.91 Å². The number of hydrogen-bond acceptors (Lipinski definition) is 8. The van der Waals surface area contributed by atoms with Gasteiger partial charge in [0.15, 0.2) is 5.82 Å². The van der Waals surface area contributed by atoms with E-state index in [1.54, 1.807) is 30.3 Å². The van der Waals surface area contributed by atoms with Crippen LogP contribution in [0.3, 0.4) is 0 Å². The van der Waals surface area contributed by atoms with Crippen LogP contribution in [0.5, 0.6) is 0 Å². The van der Waals surface area contributed by atoms with Gasteiger partial charge in [0.2, 0.25) is 0 Å². The molecular weight excluding hydrogens is 403 g/mol. The van der Waals surface area contributed by atoms with Crippen molar-refractivity contribution in [2.24, 2.45) is 10.7 Å². The summed E-state index contributed by atoms with van der Waals surface area (Å²) in [4.78, 5) is 24.5. The first kappa shape index (κ1) is 21.4. The number of hydrogen-bond donors (Lipinski definition) is 4. The molecule has 2 atom stereocenters. The first-order valence-corrected chi connectivity index (χ1v) is 10.2. The summed E-state index contributed by atoms with van der Waals surface area (Å²) < 4.78 is 13.9. The van der Waals surface area contributed by atoms with Crippen LogP contribution in [0.25, 0.3) is 0 Å². The van der Waals surface area contributed by atoms with Crippen LogP contribution in [0.2, 0.25) is 0 Å². The maximum Gasteiger partial charge on any atom is 0.277 e. The molecule has 1 unspecified atom stereocenters. The number of carbonyl (C=O) groups excluding carboxylic acids is 1. The van der Waals surface area contributed by atoms with Crippen molar-refractivity contribution in [1.82, 2.24) is 20.8 Å². The molecule has 1 aromatic carbocycles. The Morgan fingerprint density at radius 2 is 2.32 bits per heavy atom. The number of aryl methyl sites for hydroxylation is 1. The Bertz CT molecular complexity index is 974. The third-order valence-electron chi connectivity index (χ3n) is 5.65. The Kier molecular flexibility index (Phi) is 5.80. The van der Waals surface area contributed by atoms with Crippen LogP contribution in [0, 0.1) is 12.7 Å². The number of aliphatic hydroxyl groups excluding tert-OH is 1. The molecule has 0 radical (unpaired) electrons. The number of amides is 1. The van der Waals surface area contributed by atoms with E-state index in [4.69, 9.17) is 20.7 Å². The highest BCUT2D eigenvalue weighted by atomic mass is 19.1. The maximum absolute atomic E-state index is 13.9. The molecule has 166 valence electrons. The number of amidine groups is 1. The second-order valence-corrected chi connectivity index (χ2v) is 8.02. The van der Waals surface area contributed by atoms with E-state index in [2.05, 4.69) is 15.8 Å². The fourth-order valence-electron chi connectivity index (χ4n) is 4.26. The lowest BCUT2D eigenvalue weighted by Gasteiger charge is -2.31. The molecule has 1 saturated heterocycles. The number of nitrogens with zero attached hydrogens (tertiary/aromatic N) is 3. The summed E-state index contributed by atoms with van der Waals surface area (Å²) >= 11 is 0. The molecule has 3 heterocycles. The molecule has 0 bridgehead atoms. The van der Waals surface area contributed by atoms with Gasteiger partial charge in [-0.15, -0.1) is 0 Å². The van der Waals surface area contributed by atoms with Crippen LogP contribution in [-0.2, 0) is 9.63 Å². The van der Waals surface area contributed by atoms with Gasteiger partial charge >= 0.3 is 0 Å². The molecule has 1 aromatic rings. The number of rotatable bonds is 5. The van der Waals surface area contributed by atoms with Gasteiger partial charge < -0.3 is 15.7 Å². The van der Waals surface area contributed by atoms with Crippen LogP contribution < -0.4 is 16.6 Å².